The van der Waals surface area contributed by atoms with Crippen LogP contribution in [0.5, 0.6) is 0 Å². The van der Waals surface area contributed by atoms with E-state index in [1.807, 2.05) is 72.6 Å². The lowest BCUT2D eigenvalue weighted by Gasteiger charge is -2.32. The summed E-state index contributed by atoms with van der Waals surface area (Å²) in [5.41, 5.74) is 6.23. The van der Waals surface area contributed by atoms with Gasteiger partial charge in [-0.15, -0.1) is 0 Å². The second kappa shape index (κ2) is 9.33. The number of aryl methyl sites for hydroxylation is 1. The Kier molecular flexibility index (Phi) is 5.94. The second-order valence-corrected chi connectivity index (χ2v) is 8.46. The largest absolute Gasteiger partial charge is 0.339 e. The van der Waals surface area contributed by atoms with Crippen LogP contribution in [0.25, 0.3) is 22.3 Å². The first kappa shape index (κ1) is 21.0. The number of amides is 1. The normalized spacial score (nSPS) is 14.3. The quantitative estimate of drug-likeness (QED) is 0.423. The van der Waals surface area contributed by atoms with Crippen LogP contribution >= 0.6 is 0 Å². The van der Waals surface area contributed by atoms with Crippen LogP contribution in [-0.2, 0) is 0 Å². The lowest BCUT2D eigenvalue weighted by molar-refractivity contribution is 0.0712. The minimum atomic E-state index is 0.0984. The van der Waals surface area contributed by atoms with E-state index in [0.717, 1.165) is 65.3 Å². The first-order chi connectivity index (χ1) is 16.2. The van der Waals surface area contributed by atoms with Gasteiger partial charge in [0.15, 0.2) is 0 Å². The number of pyridine rings is 1. The number of nitrogens with zero attached hydrogens (tertiary/aromatic N) is 4. The molecular weight excluding hydrogens is 408 g/mol. The Bertz CT molecular complexity index is 1230. The number of carbonyl (C=O) groups excluding carboxylic acids is 1. The van der Waals surface area contributed by atoms with Crippen molar-refractivity contribution in [2.75, 3.05) is 13.1 Å². The Morgan fingerprint density at radius 1 is 0.848 bits per heavy atom. The van der Waals surface area contributed by atoms with Crippen molar-refractivity contribution in [3.05, 3.63) is 102 Å². The van der Waals surface area contributed by atoms with Gasteiger partial charge in [0.1, 0.15) is 5.82 Å². The molecule has 0 atom stereocenters. The van der Waals surface area contributed by atoms with Crippen LogP contribution in [0.1, 0.15) is 40.6 Å². The minimum Gasteiger partial charge on any atom is -0.339 e. The third-order valence-corrected chi connectivity index (χ3v) is 6.34. The number of likely N-dealkylation sites (tertiary alicyclic amines) is 1. The first-order valence-electron chi connectivity index (χ1n) is 11.4. The molecule has 33 heavy (non-hydrogen) atoms. The van der Waals surface area contributed by atoms with Crippen LogP contribution in [0.3, 0.4) is 0 Å². The molecule has 0 aliphatic carbocycles. The molecule has 0 saturated carbocycles. The van der Waals surface area contributed by atoms with E-state index >= 15 is 0 Å². The molecule has 5 heteroatoms. The second-order valence-electron chi connectivity index (χ2n) is 8.46. The summed E-state index contributed by atoms with van der Waals surface area (Å²) >= 11 is 0. The highest BCUT2D eigenvalue weighted by atomic mass is 16.2. The first-order valence-corrected chi connectivity index (χ1v) is 11.4. The van der Waals surface area contributed by atoms with E-state index < -0.39 is 0 Å². The molecule has 0 bridgehead atoms. The third-order valence-electron chi connectivity index (χ3n) is 6.34. The van der Waals surface area contributed by atoms with Gasteiger partial charge in [0.05, 0.1) is 5.69 Å². The van der Waals surface area contributed by atoms with E-state index in [-0.39, 0.29) is 5.91 Å². The Balaban J connectivity index is 1.29. The van der Waals surface area contributed by atoms with Crippen LogP contribution < -0.4 is 0 Å². The van der Waals surface area contributed by atoms with Gasteiger partial charge in [0.2, 0.25) is 0 Å². The zero-order valence-electron chi connectivity index (χ0n) is 18.7. The highest BCUT2D eigenvalue weighted by molar-refractivity contribution is 5.94. The molecule has 1 saturated heterocycles. The van der Waals surface area contributed by atoms with Crippen molar-refractivity contribution in [1.82, 2.24) is 19.9 Å². The molecular formula is C28H26N4O. The average Bonchev–Trinajstić information content (AvgIpc) is 2.89. The molecule has 0 unspecified atom stereocenters. The van der Waals surface area contributed by atoms with Crippen LogP contribution in [0, 0.1) is 6.92 Å². The van der Waals surface area contributed by atoms with Crippen molar-refractivity contribution >= 4 is 5.91 Å². The predicted molar refractivity (Wildman–Crippen MR) is 130 cm³/mol. The number of rotatable bonds is 4. The number of hydrogen-bond donors (Lipinski definition) is 0. The lowest BCUT2D eigenvalue weighted by atomic mass is 9.88. The van der Waals surface area contributed by atoms with Crippen molar-refractivity contribution in [3.8, 4) is 22.3 Å². The van der Waals surface area contributed by atoms with Gasteiger partial charge in [0.25, 0.3) is 5.91 Å². The Morgan fingerprint density at radius 2 is 1.52 bits per heavy atom. The van der Waals surface area contributed by atoms with Crippen molar-refractivity contribution in [1.29, 1.82) is 0 Å². The van der Waals surface area contributed by atoms with E-state index in [2.05, 4.69) is 22.1 Å². The average molecular weight is 435 g/mol. The standard InChI is InChI=1S/C28H26N4O/c1-20-30-19-26(23-11-15-29-16-12-23)27(31-20)24-13-17-32(18-14-24)28(33)25-9-7-22(8-10-25)21-5-3-2-4-6-21/h2-12,15-16,19,24H,13-14,17-18H2,1H3. The summed E-state index contributed by atoms with van der Waals surface area (Å²) in [5.74, 6) is 1.18. The van der Waals surface area contributed by atoms with Gasteiger partial charge in [0, 0.05) is 48.7 Å². The zero-order valence-corrected chi connectivity index (χ0v) is 18.7. The van der Waals surface area contributed by atoms with Crippen molar-refractivity contribution < 1.29 is 4.79 Å². The number of carbonyl (C=O) groups is 1. The number of piperidine rings is 1. The zero-order chi connectivity index (χ0) is 22.6. The predicted octanol–water partition coefficient (Wildman–Crippen LogP) is 5.53. The summed E-state index contributed by atoms with van der Waals surface area (Å²) in [5, 5.41) is 0. The smallest absolute Gasteiger partial charge is 0.253 e. The molecule has 1 aliphatic heterocycles. The molecule has 4 aromatic rings. The van der Waals surface area contributed by atoms with Gasteiger partial charge >= 0.3 is 0 Å². The third kappa shape index (κ3) is 4.53. The fourth-order valence-corrected chi connectivity index (χ4v) is 4.53. The van der Waals surface area contributed by atoms with E-state index in [9.17, 15) is 4.79 Å². The SMILES string of the molecule is Cc1ncc(-c2ccncc2)c(C2CCN(C(=O)c3ccc(-c4ccccc4)cc3)CC2)n1. The molecule has 164 valence electrons. The molecule has 1 fully saturated rings. The molecule has 1 amide bonds. The maximum absolute atomic E-state index is 13.1. The Labute approximate surface area is 194 Å². The Morgan fingerprint density at radius 3 is 2.21 bits per heavy atom. The van der Waals surface area contributed by atoms with Gasteiger partial charge in [-0.25, -0.2) is 9.97 Å². The molecule has 2 aromatic heterocycles. The summed E-state index contributed by atoms with van der Waals surface area (Å²) in [6.45, 7) is 3.38. The van der Waals surface area contributed by atoms with Crippen LogP contribution in [0.15, 0.2) is 85.3 Å². The summed E-state index contributed by atoms with van der Waals surface area (Å²) in [6, 6.07) is 22.1. The fraction of sp³-hybridized carbons (Fsp3) is 0.214. The highest BCUT2D eigenvalue weighted by Gasteiger charge is 2.27. The van der Waals surface area contributed by atoms with Crippen molar-refractivity contribution in [2.24, 2.45) is 0 Å². The molecule has 5 rings (SSSR count). The number of aromatic nitrogens is 3. The minimum absolute atomic E-state index is 0.0984. The topological polar surface area (TPSA) is 59.0 Å². The van der Waals surface area contributed by atoms with Crippen molar-refractivity contribution in [3.63, 3.8) is 0 Å². The van der Waals surface area contributed by atoms with Gasteiger partial charge in [-0.2, -0.15) is 0 Å². The fourth-order valence-electron chi connectivity index (χ4n) is 4.53. The van der Waals surface area contributed by atoms with Crippen LogP contribution in [0.4, 0.5) is 0 Å². The van der Waals surface area contributed by atoms with Crippen LogP contribution in [0.2, 0.25) is 0 Å². The monoisotopic (exact) mass is 434 g/mol. The van der Waals surface area contributed by atoms with Gasteiger partial charge in [-0.05, 0) is 60.7 Å². The molecule has 2 aromatic carbocycles. The van der Waals surface area contributed by atoms with E-state index in [1.165, 1.54) is 0 Å². The van der Waals surface area contributed by atoms with E-state index in [4.69, 9.17) is 4.98 Å². The molecule has 5 nitrogen and oxygen atoms in total. The molecule has 0 N–H and O–H groups in total. The number of benzene rings is 2. The lowest BCUT2D eigenvalue weighted by Crippen LogP contribution is -2.38. The van der Waals surface area contributed by atoms with E-state index in [1.54, 1.807) is 12.4 Å². The van der Waals surface area contributed by atoms with Gasteiger partial charge in [-0.3, -0.25) is 9.78 Å². The Hall–Kier alpha value is -3.86. The van der Waals surface area contributed by atoms with Gasteiger partial charge in [-0.1, -0.05) is 42.5 Å². The maximum Gasteiger partial charge on any atom is 0.253 e. The van der Waals surface area contributed by atoms with E-state index in [0.29, 0.717) is 5.92 Å². The maximum atomic E-state index is 13.1. The summed E-state index contributed by atoms with van der Waals surface area (Å²) < 4.78 is 0. The summed E-state index contributed by atoms with van der Waals surface area (Å²) in [7, 11) is 0. The molecule has 0 spiro atoms. The summed E-state index contributed by atoms with van der Waals surface area (Å²) in [6.07, 6.45) is 7.29. The van der Waals surface area contributed by atoms with Crippen molar-refractivity contribution in [2.45, 2.75) is 25.7 Å². The molecule has 3 heterocycles. The highest BCUT2D eigenvalue weighted by Crippen LogP contribution is 2.34. The number of hydrogen-bond acceptors (Lipinski definition) is 4. The summed E-state index contributed by atoms with van der Waals surface area (Å²) in [4.78, 5) is 28.5. The van der Waals surface area contributed by atoms with Crippen LogP contribution in [-0.4, -0.2) is 38.8 Å². The molecule has 1 aliphatic rings. The van der Waals surface area contributed by atoms with Gasteiger partial charge < -0.3 is 4.90 Å². The molecule has 0 radical (unpaired) electrons.